The van der Waals surface area contributed by atoms with E-state index in [4.69, 9.17) is 0 Å². The zero-order valence-corrected chi connectivity index (χ0v) is 24.6. The number of hydrogen-bond acceptors (Lipinski definition) is 1. The van der Waals surface area contributed by atoms with E-state index >= 15 is 0 Å². The Morgan fingerprint density at radius 3 is 1.24 bits per heavy atom. The average molecular weight is 576 g/mol. The summed E-state index contributed by atoms with van der Waals surface area (Å²) in [5, 5.41) is 8.84. The van der Waals surface area contributed by atoms with Crippen molar-refractivity contribution in [2.75, 3.05) is 5.32 Å². The number of rotatable bonds is 5. The van der Waals surface area contributed by atoms with Crippen LogP contribution < -0.4 is 5.32 Å². The van der Waals surface area contributed by atoms with Gasteiger partial charge in [-0.3, -0.25) is 0 Å². The van der Waals surface area contributed by atoms with Gasteiger partial charge in [-0.15, -0.1) is 0 Å². The molecule has 0 spiro atoms. The van der Waals surface area contributed by atoms with Crippen molar-refractivity contribution in [2.24, 2.45) is 0 Å². The summed E-state index contributed by atoms with van der Waals surface area (Å²) in [5.41, 5.74) is 11.4. The lowest BCUT2D eigenvalue weighted by Crippen LogP contribution is -2.02. The number of anilines is 2. The van der Waals surface area contributed by atoms with Gasteiger partial charge in [-0.05, 0) is 54.1 Å². The van der Waals surface area contributed by atoms with Crippen LogP contribution in [0.2, 0.25) is 0 Å². The molecule has 3 nitrogen and oxygen atoms in total. The highest BCUT2D eigenvalue weighted by Crippen LogP contribution is 2.38. The zero-order chi connectivity index (χ0) is 29.7. The van der Waals surface area contributed by atoms with Gasteiger partial charge >= 0.3 is 0 Å². The standard InChI is InChI=1S/C42H29N3/c1-2-14-29(15-3-1)33-16-4-9-21-38(33)43-30-26-31(44-39-22-10-5-17-34(39)35-18-6-11-23-40(35)44)28-32(27-30)45-41-24-12-7-19-36(41)37-20-8-13-25-42(37)45/h1-28,43H. The molecule has 45 heavy (non-hydrogen) atoms. The van der Waals surface area contributed by atoms with Crippen molar-refractivity contribution in [3.8, 4) is 22.5 Å². The van der Waals surface area contributed by atoms with Gasteiger partial charge in [0.2, 0.25) is 0 Å². The second-order valence-electron chi connectivity index (χ2n) is 11.5. The summed E-state index contributed by atoms with van der Waals surface area (Å²) in [6, 6.07) is 60.8. The molecule has 2 heterocycles. The fourth-order valence-electron chi connectivity index (χ4n) is 6.94. The molecule has 0 bridgehead atoms. The highest BCUT2D eigenvalue weighted by Gasteiger charge is 2.17. The van der Waals surface area contributed by atoms with Gasteiger partial charge in [0.25, 0.3) is 0 Å². The van der Waals surface area contributed by atoms with Crippen molar-refractivity contribution < 1.29 is 0 Å². The Morgan fingerprint density at radius 1 is 0.356 bits per heavy atom. The Bertz CT molecular complexity index is 2280. The molecule has 0 saturated carbocycles. The molecule has 0 radical (unpaired) electrons. The van der Waals surface area contributed by atoms with E-state index in [1.807, 2.05) is 0 Å². The number of benzene rings is 7. The van der Waals surface area contributed by atoms with Crippen LogP contribution in [0, 0.1) is 0 Å². The van der Waals surface area contributed by atoms with E-state index in [2.05, 4.69) is 184 Å². The molecule has 0 aliphatic rings. The van der Waals surface area contributed by atoms with Gasteiger partial charge in [-0.2, -0.15) is 0 Å². The topological polar surface area (TPSA) is 21.9 Å². The summed E-state index contributed by atoms with van der Waals surface area (Å²) in [5.74, 6) is 0. The van der Waals surface area contributed by atoms with Crippen LogP contribution in [0.25, 0.3) is 66.1 Å². The van der Waals surface area contributed by atoms with Crippen molar-refractivity contribution in [3.63, 3.8) is 0 Å². The van der Waals surface area contributed by atoms with Crippen molar-refractivity contribution in [3.05, 3.63) is 170 Å². The third kappa shape index (κ3) is 4.13. The molecule has 0 fully saturated rings. The molecule has 0 atom stereocenters. The maximum atomic E-state index is 3.84. The lowest BCUT2D eigenvalue weighted by atomic mass is 10.0. The van der Waals surface area contributed by atoms with E-state index in [0.29, 0.717) is 0 Å². The predicted molar refractivity (Wildman–Crippen MR) is 190 cm³/mol. The summed E-state index contributed by atoms with van der Waals surface area (Å²) in [4.78, 5) is 0. The maximum Gasteiger partial charge on any atom is 0.0541 e. The van der Waals surface area contributed by atoms with Gasteiger partial charge in [0.1, 0.15) is 0 Å². The highest BCUT2D eigenvalue weighted by molar-refractivity contribution is 6.10. The van der Waals surface area contributed by atoms with Crippen LogP contribution in [0.3, 0.4) is 0 Å². The minimum atomic E-state index is 1.02. The minimum Gasteiger partial charge on any atom is -0.355 e. The van der Waals surface area contributed by atoms with E-state index in [0.717, 1.165) is 22.7 Å². The molecule has 7 aromatic carbocycles. The fraction of sp³-hybridized carbons (Fsp3) is 0. The normalized spacial score (nSPS) is 11.6. The molecule has 9 aromatic rings. The first-order valence-electron chi connectivity index (χ1n) is 15.4. The van der Waals surface area contributed by atoms with E-state index in [-0.39, 0.29) is 0 Å². The number of para-hydroxylation sites is 5. The number of fused-ring (bicyclic) bond motifs is 6. The Balaban J connectivity index is 1.33. The second-order valence-corrected chi connectivity index (χ2v) is 11.5. The zero-order valence-electron chi connectivity index (χ0n) is 24.6. The van der Waals surface area contributed by atoms with Crippen molar-refractivity contribution in [1.29, 1.82) is 0 Å². The Labute approximate surface area is 261 Å². The van der Waals surface area contributed by atoms with Crippen LogP contribution in [-0.4, -0.2) is 9.13 Å². The van der Waals surface area contributed by atoms with E-state index in [1.165, 1.54) is 54.7 Å². The van der Waals surface area contributed by atoms with Gasteiger partial charge in [0.05, 0.1) is 33.4 Å². The monoisotopic (exact) mass is 575 g/mol. The van der Waals surface area contributed by atoms with E-state index < -0.39 is 0 Å². The van der Waals surface area contributed by atoms with Crippen molar-refractivity contribution in [1.82, 2.24) is 9.13 Å². The highest BCUT2D eigenvalue weighted by atomic mass is 15.0. The molecular formula is C42H29N3. The van der Waals surface area contributed by atoms with Gasteiger partial charge in [-0.25, -0.2) is 0 Å². The SMILES string of the molecule is c1ccc(-c2ccccc2Nc2cc(-n3c4ccccc4c4ccccc43)cc(-n3c4ccccc4c4ccccc43)c2)cc1. The Kier molecular flexibility index (Phi) is 5.82. The molecule has 3 heteroatoms. The molecule has 9 rings (SSSR count). The number of nitrogens with one attached hydrogen (secondary N) is 1. The molecule has 2 aromatic heterocycles. The van der Waals surface area contributed by atoms with E-state index in [9.17, 15) is 0 Å². The smallest absolute Gasteiger partial charge is 0.0541 e. The van der Waals surface area contributed by atoms with Crippen LogP contribution in [-0.2, 0) is 0 Å². The molecule has 0 amide bonds. The maximum absolute atomic E-state index is 3.84. The molecule has 0 aliphatic heterocycles. The van der Waals surface area contributed by atoms with Crippen LogP contribution in [0.1, 0.15) is 0 Å². The van der Waals surface area contributed by atoms with Crippen molar-refractivity contribution in [2.45, 2.75) is 0 Å². The lowest BCUT2D eigenvalue weighted by Gasteiger charge is -2.18. The second kappa shape index (κ2) is 10.3. The molecule has 0 aliphatic carbocycles. The van der Waals surface area contributed by atoms with Gasteiger partial charge in [0.15, 0.2) is 0 Å². The van der Waals surface area contributed by atoms with Crippen LogP contribution >= 0.6 is 0 Å². The third-order valence-electron chi connectivity index (χ3n) is 8.87. The molecule has 0 saturated heterocycles. The minimum absolute atomic E-state index is 1.02. The first-order chi connectivity index (χ1) is 22.3. The summed E-state index contributed by atoms with van der Waals surface area (Å²) < 4.78 is 4.80. The first kappa shape index (κ1) is 25.4. The predicted octanol–water partition coefficient (Wildman–Crippen LogP) is 11.3. The fourth-order valence-corrected chi connectivity index (χ4v) is 6.94. The first-order valence-corrected chi connectivity index (χ1v) is 15.4. The van der Waals surface area contributed by atoms with Crippen LogP contribution in [0.15, 0.2) is 170 Å². The molecule has 212 valence electrons. The summed E-state index contributed by atoms with van der Waals surface area (Å²) >= 11 is 0. The Hall–Kier alpha value is -6.06. The van der Waals surface area contributed by atoms with Gasteiger partial charge in [0, 0.05) is 38.5 Å². The summed E-state index contributed by atoms with van der Waals surface area (Å²) in [6.45, 7) is 0. The molecule has 0 unspecified atom stereocenters. The van der Waals surface area contributed by atoms with Gasteiger partial charge < -0.3 is 14.5 Å². The van der Waals surface area contributed by atoms with E-state index in [1.54, 1.807) is 0 Å². The Morgan fingerprint density at radius 2 is 0.756 bits per heavy atom. The third-order valence-corrected chi connectivity index (χ3v) is 8.87. The summed E-state index contributed by atoms with van der Waals surface area (Å²) in [6.07, 6.45) is 0. The largest absolute Gasteiger partial charge is 0.355 e. The van der Waals surface area contributed by atoms with Crippen LogP contribution in [0.4, 0.5) is 11.4 Å². The van der Waals surface area contributed by atoms with Gasteiger partial charge in [-0.1, -0.05) is 121 Å². The van der Waals surface area contributed by atoms with Crippen molar-refractivity contribution >= 4 is 55.0 Å². The van der Waals surface area contributed by atoms with Crippen LogP contribution in [0.5, 0.6) is 0 Å². The number of hydrogen-bond donors (Lipinski definition) is 1. The lowest BCUT2D eigenvalue weighted by molar-refractivity contribution is 1.13. The molecule has 1 N–H and O–H groups in total. The average Bonchev–Trinajstić information content (AvgIpc) is 3.62. The number of nitrogens with zero attached hydrogens (tertiary/aromatic N) is 2. The molecular weight excluding hydrogens is 546 g/mol. The quantitative estimate of drug-likeness (QED) is 0.217. The summed E-state index contributed by atoms with van der Waals surface area (Å²) in [7, 11) is 0. The number of aromatic nitrogens is 2.